The van der Waals surface area contributed by atoms with Crippen molar-refractivity contribution in [3.8, 4) is 17.2 Å². The fourth-order valence-corrected chi connectivity index (χ4v) is 5.53. The van der Waals surface area contributed by atoms with Gasteiger partial charge in [0.05, 0.1) is 6.61 Å². The molecule has 0 saturated heterocycles. The molecule has 0 bridgehead atoms. The maximum absolute atomic E-state index is 11.7. The first-order chi connectivity index (χ1) is 19.0. The van der Waals surface area contributed by atoms with Gasteiger partial charge in [-0.25, -0.2) is 0 Å². The van der Waals surface area contributed by atoms with Crippen LogP contribution in [0.2, 0.25) is 0 Å². The van der Waals surface area contributed by atoms with Crippen molar-refractivity contribution in [1.29, 1.82) is 0 Å². The fourth-order valence-electron chi connectivity index (χ4n) is 4.37. The Labute approximate surface area is 230 Å². The number of thioether (sulfide) groups is 1. The Balaban J connectivity index is 1.40. The van der Waals surface area contributed by atoms with Gasteiger partial charge >= 0.3 is 0 Å². The van der Waals surface area contributed by atoms with Crippen molar-refractivity contribution < 1.29 is 14.4 Å². The van der Waals surface area contributed by atoms with Crippen LogP contribution in [0.25, 0.3) is 16.5 Å². The molecule has 1 heterocycles. The maximum atomic E-state index is 11.7. The Kier molecular flexibility index (Phi) is 8.07. The van der Waals surface area contributed by atoms with Crippen molar-refractivity contribution in [3.63, 3.8) is 0 Å². The third kappa shape index (κ3) is 6.21. The number of ether oxygens (including phenoxy) is 2. The number of aryl methyl sites for hydroxylation is 1. The lowest BCUT2D eigenvalue weighted by Gasteiger charge is -2.17. The SMILES string of the molecule is CCOc1cc([C@H](C[N+](=O)[O-])Sc2nnc(C)n2-c2ccccc2)ccc1OCc1ccc2ccccc2c1. The maximum Gasteiger partial charge on any atom is 0.220 e. The van der Waals surface area contributed by atoms with Gasteiger partial charge in [-0.15, -0.1) is 10.2 Å². The normalized spacial score (nSPS) is 11.8. The van der Waals surface area contributed by atoms with Crippen molar-refractivity contribution in [2.45, 2.75) is 30.9 Å². The summed E-state index contributed by atoms with van der Waals surface area (Å²) in [6.45, 7) is 4.28. The topological polar surface area (TPSA) is 92.3 Å². The molecule has 198 valence electrons. The van der Waals surface area contributed by atoms with Gasteiger partial charge in [0.2, 0.25) is 6.54 Å². The number of nitro groups is 1. The van der Waals surface area contributed by atoms with Gasteiger partial charge in [-0.1, -0.05) is 72.4 Å². The number of para-hydroxylation sites is 1. The van der Waals surface area contributed by atoms with Gasteiger partial charge in [0.15, 0.2) is 16.7 Å². The third-order valence-corrected chi connectivity index (χ3v) is 7.40. The van der Waals surface area contributed by atoms with Crippen molar-refractivity contribution in [2.75, 3.05) is 13.2 Å². The molecule has 39 heavy (non-hydrogen) atoms. The average molecular weight is 541 g/mol. The highest BCUT2D eigenvalue weighted by Crippen LogP contribution is 2.39. The molecule has 0 aliphatic rings. The quantitative estimate of drug-likeness (QED) is 0.103. The average Bonchev–Trinajstić information content (AvgIpc) is 3.31. The van der Waals surface area contributed by atoms with Crippen molar-refractivity contribution in [1.82, 2.24) is 14.8 Å². The molecule has 0 saturated carbocycles. The lowest BCUT2D eigenvalue weighted by atomic mass is 10.1. The summed E-state index contributed by atoms with van der Waals surface area (Å²) in [5.41, 5.74) is 2.69. The second-order valence-electron chi connectivity index (χ2n) is 8.93. The summed E-state index contributed by atoms with van der Waals surface area (Å²) in [4.78, 5) is 11.3. The molecule has 0 radical (unpaired) electrons. The molecule has 4 aromatic carbocycles. The summed E-state index contributed by atoms with van der Waals surface area (Å²) in [7, 11) is 0. The van der Waals surface area contributed by atoms with Crippen LogP contribution in [0.1, 0.15) is 29.1 Å². The van der Waals surface area contributed by atoms with E-state index in [2.05, 4.69) is 34.5 Å². The first kappa shape index (κ1) is 26.2. The van der Waals surface area contributed by atoms with Gasteiger partial charge < -0.3 is 9.47 Å². The minimum Gasteiger partial charge on any atom is -0.490 e. The zero-order chi connectivity index (χ0) is 27.2. The molecule has 8 nitrogen and oxygen atoms in total. The smallest absolute Gasteiger partial charge is 0.220 e. The van der Waals surface area contributed by atoms with Gasteiger partial charge in [-0.2, -0.15) is 0 Å². The molecule has 0 aliphatic heterocycles. The van der Waals surface area contributed by atoms with E-state index in [1.165, 1.54) is 17.1 Å². The molecule has 9 heteroatoms. The van der Waals surface area contributed by atoms with Crippen LogP contribution in [0.3, 0.4) is 0 Å². The second-order valence-corrected chi connectivity index (χ2v) is 10.1. The van der Waals surface area contributed by atoms with E-state index in [9.17, 15) is 10.1 Å². The van der Waals surface area contributed by atoms with Crippen LogP contribution in [-0.2, 0) is 6.61 Å². The van der Waals surface area contributed by atoms with Crippen LogP contribution in [0.15, 0.2) is 96.2 Å². The van der Waals surface area contributed by atoms with Crippen LogP contribution in [0, 0.1) is 17.0 Å². The molecule has 0 fully saturated rings. The zero-order valence-corrected chi connectivity index (χ0v) is 22.5. The highest BCUT2D eigenvalue weighted by Gasteiger charge is 2.25. The van der Waals surface area contributed by atoms with E-state index in [-0.39, 0.29) is 11.5 Å². The van der Waals surface area contributed by atoms with Gasteiger partial charge in [0.25, 0.3) is 0 Å². The zero-order valence-electron chi connectivity index (χ0n) is 21.7. The Morgan fingerprint density at radius 1 is 0.897 bits per heavy atom. The van der Waals surface area contributed by atoms with E-state index in [0.717, 1.165) is 22.2 Å². The molecule has 5 rings (SSSR count). The molecule has 1 atom stereocenters. The number of benzene rings is 4. The summed E-state index contributed by atoms with van der Waals surface area (Å²) < 4.78 is 14.0. The highest BCUT2D eigenvalue weighted by atomic mass is 32.2. The minimum atomic E-state index is -0.514. The second kappa shape index (κ2) is 12.0. The third-order valence-electron chi connectivity index (χ3n) is 6.22. The summed E-state index contributed by atoms with van der Waals surface area (Å²) in [6.07, 6.45) is 0. The van der Waals surface area contributed by atoms with E-state index in [4.69, 9.17) is 9.47 Å². The number of nitrogens with zero attached hydrogens (tertiary/aromatic N) is 4. The first-order valence-electron chi connectivity index (χ1n) is 12.6. The van der Waals surface area contributed by atoms with E-state index >= 15 is 0 Å². The van der Waals surface area contributed by atoms with Crippen LogP contribution in [0.4, 0.5) is 0 Å². The van der Waals surface area contributed by atoms with E-state index in [0.29, 0.717) is 35.7 Å². The summed E-state index contributed by atoms with van der Waals surface area (Å²) in [6, 6.07) is 29.6. The van der Waals surface area contributed by atoms with Gasteiger partial charge in [0.1, 0.15) is 17.7 Å². The van der Waals surface area contributed by atoms with Crippen LogP contribution in [0.5, 0.6) is 11.5 Å². The van der Waals surface area contributed by atoms with Crippen LogP contribution >= 0.6 is 11.8 Å². The van der Waals surface area contributed by atoms with Crippen molar-refractivity contribution in [2.24, 2.45) is 0 Å². The van der Waals surface area contributed by atoms with Crippen LogP contribution in [-0.4, -0.2) is 32.8 Å². The minimum absolute atomic E-state index is 0.284. The van der Waals surface area contributed by atoms with E-state index < -0.39 is 5.25 Å². The van der Waals surface area contributed by atoms with Gasteiger partial charge in [0, 0.05) is 10.6 Å². The molecule has 5 aromatic rings. The van der Waals surface area contributed by atoms with E-state index in [1.807, 2.05) is 85.1 Å². The number of fused-ring (bicyclic) bond motifs is 1. The number of rotatable bonds is 11. The van der Waals surface area contributed by atoms with Gasteiger partial charge in [-0.3, -0.25) is 14.7 Å². The summed E-state index contributed by atoms with van der Waals surface area (Å²) in [5, 5.41) is 22.6. The molecule has 0 amide bonds. The molecule has 0 spiro atoms. The van der Waals surface area contributed by atoms with Crippen LogP contribution < -0.4 is 9.47 Å². The fraction of sp³-hybridized carbons (Fsp3) is 0.200. The highest BCUT2D eigenvalue weighted by molar-refractivity contribution is 7.99. The molecular weight excluding hydrogens is 512 g/mol. The molecule has 0 N–H and O–H groups in total. The van der Waals surface area contributed by atoms with Crippen molar-refractivity contribution in [3.05, 3.63) is 118 Å². The Morgan fingerprint density at radius 3 is 2.44 bits per heavy atom. The standard InChI is InChI=1S/C30H28N4O4S/c1-3-37-28-18-25(15-16-27(28)38-20-22-13-14-23-9-7-8-10-24(23)17-22)29(19-33(35)36)39-30-32-31-21(2)34(30)26-11-5-4-6-12-26/h4-18,29H,3,19-20H2,1-2H3/t29-/m0/s1. The monoisotopic (exact) mass is 540 g/mol. The predicted octanol–water partition coefficient (Wildman–Crippen LogP) is 6.82. The summed E-state index contributed by atoms with van der Waals surface area (Å²) >= 11 is 1.31. The van der Waals surface area contributed by atoms with Crippen molar-refractivity contribution >= 4 is 22.5 Å². The lowest BCUT2D eigenvalue weighted by molar-refractivity contribution is -0.479. The summed E-state index contributed by atoms with van der Waals surface area (Å²) in [5.74, 6) is 1.84. The Morgan fingerprint density at radius 2 is 1.67 bits per heavy atom. The molecular formula is C30H28N4O4S. The predicted molar refractivity (Wildman–Crippen MR) is 152 cm³/mol. The van der Waals surface area contributed by atoms with Gasteiger partial charge in [-0.05, 0) is 66.1 Å². The Hall–Kier alpha value is -4.37. The molecule has 0 unspecified atom stereocenters. The first-order valence-corrected chi connectivity index (χ1v) is 13.5. The Bertz CT molecular complexity index is 1590. The molecule has 0 aliphatic carbocycles. The number of hydrogen-bond donors (Lipinski definition) is 0. The molecule has 1 aromatic heterocycles. The number of aromatic nitrogens is 3. The number of hydrogen-bond acceptors (Lipinski definition) is 7. The largest absolute Gasteiger partial charge is 0.490 e. The lowest BCUT2D eigenvalue weighted by Crippen LogP contribution is -2.11. The van der Waals surface area contributed by atoms with E-state index in [1.54, 1.807) is 0 Å².